The molecule has 1 amide bonds. The van der Waals surface area contributed by atoms with Gasteiger partial charge in [-0.1, -0.05) is 23.4 Å². The average molecular weight is 239 g/mol. The van der Waals surface area contributed by atoms with Gasteiger partial charge in [0.1, 0.15) is 0 Å². The first-order valence-corrected chi connectivity index (χ1v) is 4.55. The van der Waals surface area contributed by atoms with Gasteiger partial charge in [-0.15, -0.1) is 12.4 Å². The van der Waals surface area contributed by atoms with Gasteiger partial charge in [-0.25, -0.2) is 0 Å². The number of para-hydroxylation sites is 1. The van der Waals surface area contributed by atoms with Crippen molar-refractivity contribution in [1.82, 2.24) is 0 Å². The van der Waals surface area contributed by atoms with Crippen LogP contribution in [-0.2, 0) is 4.79 Å². The molecule has 0 aliphatic carbocycles. The molecule has 2 rings (SSSR count). The van der Waals surface area contributed by atoms with Gasteiger partial charge in [0, 0.05) is 5.56 Å². The van der Waals surface area contributed by atoms with Crippen LogP contribution in [0.5, 0.6) is 5.75 Å². The topological polar surface area (TPSA) is 64.7 Å². The second kappa shape index (κ2) is 5.32. The Morgan fingerprint density at radius 3 is 2.81 bits per heavy atom. The summed E-state index contributed by atoms with van der Waals surface area (Å²) in [4.78, 5) is 15.9. The number of carbonyl (C=O) groups is 1. The molecule has 4 nitrogen and oxygen atoms in total. The van der Waals surface area contributed by atoms with Crippen LogP contribution in [0.25, 0.3) is 6.08 Å². The Morgan fingerprint density at radius 2 is 2.06 bits per heavy atom. The Bertz CT molecular complexity index is 455. The number of halogens is 1. The lowest BCUT2D eigenvalue weighted by molar-refractivity contribution is -0.116. The van der Waals surface area contributed by atoms with E-state index in [2.05, 4.69) is 5.16 Å². The van der Waals surface area contributed by atoms with E-state index >= 15 is 0 Å². The fraction of sp³-hybridized carbons (Fsp3) is 0.0909. The van der Waals surface area contributed by atoms with E-state index in [9.17, 15) is 4.79 Å². The van der Waals surface area contributed by atoms with Crippen molar-refractivity contribution in [2.75, 3.05) is 0 Å². The van der Waals surface area contributed by atoms with Crippen LogP contribution in [0, 0.1) is 0 Å². The van der Waals surface area contributed by atoms with Crippen molar-refractivity contribution in [2.45, 2.75) is 6.42 Å². The number of oxime groups is 1. The molecule has 0 spiro atoms. The third kappa shape index (κ3) is 2.84. The molecule has 5 heteroatoms. The van der Waals surface area contributed by atoms with Gasteiger partial charge < -0.3 is 10.6 Å². The molecule has 2 N–H and O–H groups in total. The molecular formula is C11H11ClN2O2. The number of hydrogen-bond acceptors (Lipinski definition) is 3. The molecule has 1 heterocycles. The largest absolute Gasteiger partial charge is 0.369 e. The highest BCUT2D eigenvalue weighted by atomic mass is 35.5. The van der Waals surface area contributed by atoms with Crippen molar-refractivity contribution in [1.29, 1.82) is 0 Å². The lowest BCUT2D eigenvalue weighted by atomic mass is 10.1. The quantitative estimate of drug-likeness (QED) is 0.853. The zero-order valence-electron chi connectivity index (χ0n) is 8.42. The molecule has 0 atom stereocenters. The first kappa shape index (κ1) is 12.3. The Hall–Kier alpha value is -1.81. The van der Waals surface area contributed by atoms with Crippen LogP contribution in [0.1, 0.15) is 12.0 Å². The van der Waals surface area contributed by atoms with Gasteiger partial charge in [0.15, 0.2) is 5.75 Å². The number of nitrogens with two attached hydrogens (primary N) is 1. The van der Waals surface area contributed by atoms with Crippen molar-refractivity contribution < 1.29 is 9.63 Å². The van der Waals surface area contributed by atoms with Gasteiger partial charge in [-0.2, -0.15) is 0 Å². The van der Waals surface area contributed by atoms with E-state index < -0.39 is 5.91 Å². The van der Waals surface area contributed by atoms with Crippen LogP contribution in [0.4, 0.5) is 0 Å². The SMILES string of the molecule is Cl.NC(=O)CC1=NOc2ccccc2C=C1. The minimum Gasteiger partial charge on any atom is -0.369 e. The number of rotatable bonds is 2. The lowest BCUT2D eigenvalue weighted by Gasteiger charge is -1.99. The summed E-state index contributed by atoms with van der Waals surface area (Å²) >= 11 is 0. The zero-order valence-corrected chi connectivity index (χ0v) is 9.24. The molecule has 16 heavy (non-hydrogen) atoms. The summed E-state index contributed by atoms with van der Waals surface area (Å²) in [6.07, 6.45) is 3.67. The summed E-state index contributed by atoms with van der Waals surface area (Å²) in [5, 5.41) is 3.83. The van der Waals surface area contributed by atoms with Crippen LogP contribution >= 0.6 is 12.4 Å². The van der Waals surface area contributed by atoms with Crippen LogP contribution in [-0.4, -0.2) is 11.6 Å². The minimum absolute atomic E-state index is 0. The number of nitrogens with zero attached hydrogens (tertiary/aromatic N) is 1. The molecule has 0 saturated carbocycles. The van der Waals surface area contributed by atoms with Crippen molar-refractivity contribution in [3.63, 3.8) is 0 Å². The van der Waals surface area contributed by atoms with E-state index in [4.69, 9.17) is 10.6 Å². The molecule has 1 aliphatic rings. The fourth-order valence-corrected chi connectivity index (χ4v) is 1.30. The van der Waals surface area contributed by atoms with Gasteiger partial charge in [0.25, 0.3) is 0 Å². The third-order valence-electron chi connectivity index (χ3n) is 1.99. The normalized spacial score (nSPS) is 12.6. The van der Waals surface area contributed by atoms with Gasteiger partial charge in [0.05, 0.1) is 12.1 Å². The number of fused-ring (bicyclic) bond motifs is 1. The highest BCUT2D eigenvalue weighted by Crippen LogP contribution is 2.21. The first-order valence-electron chi connectivity index (χ1n) is 4.55. The van der Waals surface area contributed by atoms with Crippen molar-refractivity contribution in [2.24, 2.45) is 10.9 Å². The lowest BCUT2D eigenvalue weighted by Crippen LogP contribution is -2.15. The Balaban J connectivity index is 0.00000128. The van der Waals surface area contributed by atoms with Crippen molar-refractivity contribution >= 4 is 30.1 Å². The summed E-state index contributed by atoms with van der Waals surface area (Å²) in [5.74, 6) is 0.251. The first-order chi connectivity index (χ1) is 7.25. The van der Waals surface area contributed by atoms with Crippen molar-refractivity contribution in [3.8, 4) is 5.75 Å². The maximum Gasteiger partial charge on any atom is 0.223 e. The second-order valence-electron chi connectivity index (χ2n) is 3.19. The molecular weight excluding hydrogens is 228 g/mol. The molecule has 0 saturated heterocycles. The molecule has 1 aromatic carbocycles. The van der Waals surface area contributed by atoms with E-state index in [-0.39, 0.29) is 18.8 Å². The van der Waals surface area contributed by atoms with E-state index in [0.717, 1.165) is 5.56 Å². The summed E-state index contributed by atoms with van der Waals surface area (Å²) in [6, 6.07) is 7.50. The fourth-order valence-electron chi connectivity index (χ4n) is 1.30. The van der Waals surface area contributed by atoms with Crippen LogP contribution < -0.4 is 10.6 Å². The Labute approximate surface area is 99.2 Å². The maximum atomic E-state index is 10.7. The Morgan fingerprint density at radius 1 is 1.31 bits per heavy atom. The van der Waals surface area contributed by atoms with E-state index in [1.54, 1.807) is 6.08 Å². The zero-order chi connectivity index (χ0) is 10.7. The van der Waals surface area contributed by atoms with Crippen LogP contribution in [0.2, 0.25) is 0 Å². The smallest absolute Gasteiger partial charge is 0.223 e. The van der Waals surface area contributed by atoms with Gasteiger partial charge in [0.2, 0.25) is 5.91 Å². The molecule has 84 valence electrons. The number of benzene rings is 1. The molecule has 1 aliphatic heterocycles. The predicted molar refractivity (Wildman–Crippen MR) is 64.6 cm³/mol. The summed E-state index contributed by atoms with van der Waals surface area (Å²) in [6.45, 7) is 0. The number of primary amides is 1. The monoisotopic (exact) mass is 238 g/mol. The van der Waals surface area contributed by atoms with Gasteiger partial charge >= 0.3 is 0 Å². The van der Waals surface area contributed by atoms with Crippen molar-refractivity contribution in [3.05, 3.63) is 35.9 Å². The van der Waals surface area contributed by atoms with Crippen LogP contribution in [0.15, 0.2) is 35.5 Å². The second-order valence-corrected chi connectivity index (χ2v) is 3.19. The van der Waals surface area contributed by atoms with E-state index in [1.807, 2.05) is 30.3 Å². The molecule has 0 unspecified atom stereocenters. The summed E-state index contributed by atoms with van der Waals surface area (Å²) in [5.41, 5.74) is 6.53. The molecule has 1 aromatic rings. The van der Waals surface area contributed by atoms with Crippen LogP contribution in [0.3, 0.4) is 0 Å². The number of carbonyl (C=O) groups excluding carboxylic acids is 1. The standard InChI is InChI=1S/C11H10N2O2.ClH/c12-11(14)7-9-6-5-8-3-1-2-4-10(8)15-13-9;/h1-6H,7H2,(H2,12,14);1H. The molecule has 0 bridgehead atoms. The van der Waals surface area contributed by atoms with E-state index in [0.29, 0.717) is 11.5 Å². The average Bonchev–Trinajstić information content (AvgIpc) is 2.41. The van der Waals surface area contributed by atoms with Gasteiger partial charge in [-0.3, -0.25) is 4.79 Å². The summed E-state index contributed by atoms with van der Waals surface area (Å²) < 4.78 is 0. The molecule has 0 radical (unpaired) electrons. The van der Waals surface area contributed by atoms with E-state index in [1.165, 1.54) is 0 Å². The number of hydrogen-bond donors (Lipinski definition) is 1. The number of allylic oxidation sites excluding steroid dienone is 1. The minimum atomic E-state index is -0.423. The predicted octanol–water partition coefficient (Wildman–Crippen LogP) is 1.75. The molecule has 0 aromatic heterocycles. The number of amides is 1. The van der Waals surface area contributed by atoms with Gasteiger partial charge in [-0.05, 0) is 18.2 Å². The highest BCUT2D eigenvalue weighted by Gasteiger charge is 2.07. The Kier molecular flexibility index (Phi) is 4.08. The third-order valence-corrected chi connectivity index (χ3v) is 1.99. The highest BCUT2D eigenvalue weighted by molar-refractivity contribution is 6.08. The summed E-state index contributed by atoms with van der Waals surface area (Å²) in [7, 11) is 0. The maximum absolute atomic E-state index is 10.7. The molecule has 0 fully saturated rings.